The summed E-state index contributed by atoms with van der Waals surface area (Å²) in [4.78, 5) is 12.7. The number of methoxy groups -OCH3 is 5. The van der Waals surface area contributed by atoms with E-state index in [9.17, 15) is 15.0 Å². The topological polar surface area (TPSA) is 104 Å². The minimum absolute atomic E-state index is 0.0132. The van der Waals surface area contributed by atoms with E-state index >= 15 is 0 Å². The van der Waals surface area contributed by atoms with Crippen LogP contribution >= 0.6 is 0 Å². The molecule has 0 saturated heterocycles. The zero-order valence-electron chi connectivity index (χ0n) is 16.2. The predicted molar refractivity (Wildman–Crippen MR) is 102 cm³/mol. The van der Waals surface area contributed by atoms with Crippen LogP contribution in [0.2, 0.25) is 0 Å². The Hall–Kier alpha value is -3.55. The summed E-state index contributed by atoms with van der Waals surface area (Å²) in [5.74, 6) is -0.212. The van der Waals surface area contributed by atoms with E-state index in [0.717, 1.165) is 6.08 Å². The molecule has 8 nitrogen and oxygen atoms in total. The molecule has 0 fully saturated rings. The number of phenolic OH excluding ortho intramolecular Hbond substituents is 1. The second-order valence-corrected chi connectivity index (χ2v) is 5.50. The van der Waals surface area contributed by atoms with Gasteiger partial charge in [-0.2, -0.15) is 0 Å². The van der Waals surface area contributed by atoms with Crippen LogP contribution in [0.3, 0.4) is 0 Å². The molecule has 0 amide bonds. The molecule has 0 aliphatic rings. The van der Waals surface area contributed by atoms with Crippen molar-refractivity contribution in [1.82, 2.24) is 0 Å². The molecule has 0 unspecified atom stereocenters. The lowest BCUT2D eigenvalue weighted by Crippen LogP contribution is -2.04. The van der Waals surface area contributed by atoms with E-state index < -0.39 is 5.78 Å². The Morgan fingerprint density at radius 1 is 0.821 bits per heavy atom. The number of hydrogen-bond donors (Lipinski definition) is 2. The van der Waals surface area contributed by atoms with Crippen LogP contribution in [0.5, 0.6) is 34.5 Å². The number of ketones is 1. The van der Waals surface area contributed by atoms with Crippen LogP contribution in [0.25, 0.3) is 5.76 Å². The van der Waals surface area contributed by atoms with Gasteiger partial charge < -0.3 is 33.9 Å². The van der Waals surface area contributed by atoms with Crippen molar-refractivity contribution in [3.63, 3.8) is 0 Å². The first kappa shape index (κ1) is 20.8. The molecule has 8 heteroatoms. The summed E-state index contributed by atoms with van der Waals surface area (Å²) >= 11 is 0. The largest absolute Gasteiger partial charge is 0.507 e. The second kappa shape index (κ2) is 8.90. The lowest BCUT2D eigenvalue weighted by Gasteiger charge is -2.16. The second-order valence-electron chi connectivity index (χ2n) is 5.50. The number of benzene rings is 2. The lowest BCUT2D eigenvalue weighted by atomic mass is 10.0. The first-order valence-corrected chi connectivity index (χ1v) is 8.11. The highest BCUT2D eigenvalue weighted by Gasteiger charge is 2.25. The van der Waals surface area contributed by atoms with Gasteiger partial charge in [-0.1, -0.05) is 0 Å². The van der Waals surface area contributed by atoms with Gasteiger partial charge >= 0.3 is 0 Å². The highest BCUT2D eigenvalue weighted by Crippen LogP contribution is 2.45. The molecule has 0 aromatic heterocycles. The van der Waals surface area contributed by atoms with Crippen molar-refractivity contribution < 1.29 is 38.7 Å². The van der Waals surface area contributed by atoms with E-state index in [4.69, 9.17) is 23.7 Å². The number of aromatic hydroxyl groups is 1. The smallest absolute Gasteiger partial charge is 0.204 e. The fourth-order valence-electron chi connectivity index (χ4n) is 2.66. The number of carbonyl (C=O) groups is 1. The molecule has 0 aliphatic heterocycles. The maximum atomic E-state index is 12.7. The van der Waals surface area contributed by atoms with E-state index in [2.05, 4.69) is 0 Å². The van der Waals surface area contributed by atoms with Gasteiger partial charge in [0.05, 0.1) is 35.5 Å². The molecule has 2 aromatic carbocycles. The summed E-state index contributed by atoms with van der Waals surface area (Å²) in [6.45, 7) is 0. The predicted octanol–water partition coefficient (Wildman–Crippen LogP) is 3.22. The van der Waals surface area contributed by atoms with E-state index in [0.29, 0.717) is 17.1 Å². The van der Waals surface area contributed by atoms with Crippen LogP contribution in [0.15, 0.2) is 30.3 Å². The maximum Gasteiger partial charge on any atom is 0.204 e. The average molecular weight is 390 g/mol. The Morgan fingerprint density at radius 2 is 1.43 bits per heavy atom. The van der Waals surface area contributed by atoms with Gasteiger partial charge in [-0.25, -0.2) is 0 Å². The van der Waals surface area contributed by atoms with Gasteiger partial charge in [-0.15, -0.1) is 0 Å². The SMILES string of the molecule is COc1ccc(/C(O)=C/C(=O)c2c(O)cc(OC)c(OC)c2OC)cc1OC. The van der Waals surface area contributed by atoms with E-state index in [1.165, 1.54) is 47.7 Å². The third-order valence-corrected chi connectivity index (χ3v) is 4.00. The van der Waals surface area contributed by atoms with Crippen LogP contribution in [0.4, 0.5) is 0 Å². The van der Waals surface area contributed by atoms with Crippen LogP contribution in [0.1, 0.15) is 15.9 Å². The molecular formula is C20H22O8. The molecular weight excluding hydrogens is 368 g/mol. The summed E-state index contributed by atoms with van der Waals surface area (Å²) in [5, 5.41) is 20.7. The maximum absolute atomic E-state index is 12.7. The third kappa shape index (κ3) is 3.90. The minimum Gasteiger partial charge on any atom is -0.507 e. The van der Waals surface area contributed by atoms with Crippen molar-refractivity contribution in [3.8, 4) is 34.5 Å². The number of allylic oxidation sites excluding steroid dienone is 1. The van der Waals surface area contributed by atoms with Gasteiger partial charge in [-0.05, 0) is 18.2 Å². The molecule has 0 atom stereocenters. The number of hydrogen-bond acceptors (Lipinski definition) is 8. The Kier molecular flexibility index (Phi) is 6.59. The van der Waals surface area contributed by atoms with Crippen molar-refractivity contribution >= 4 is 11.5 Å². The van der Waals surface area contributed by atoms with Gasteiger partial charge in [0.1, 0.15) is 17.1 Å². The summed E-state index contributed by atoms with van der Waals surface area (Å²) in [7, 11) is 7.04. The van der Waals surface area contributed by atoms with Gasteiger partial charge in [0.15, 0.2) is 28.8 Å². The lowest BCUT2D eigenvalue weighted by molar-refractivity contribution is 0.104. The van der Waals surface area contributed by atoms with Gasteiger partial charge in [0, 0.05) is 17.7 Å². The molecule has 0 spiro atoms. The van der Waals surface area contributed by atoms with Gasteiger partial charge in [-0.3, -0.25) is 4.79 Å². The summed E-state index contributed by atoms with van der Waals surface area (Å²) < 4.78 is 25.9. The fourth-order valence-corrected chi connectivity index (χ4v) is 2.66. The number of aliphatic hydroxyl groups is 1. The molecule has 150 valence electrons. The summed E-state index contributed by atoms with van der Waals surface area (Å²) in [6, 6.07) is 5.91. The normalized spacial score (nSPS) is 11.0. The first-order chi connectivity index (χ1) is 13.4. The van der Waals surface area contributed by atoms with E-state index in [1.807, 2.05) is 0 Å². The zero-order chi connectivity index (χ0) is 20.8. The standard InChI is InChI=1S/C20H22O8/c1-24-15-7-6-11(8-16(15)25-2)12(21)9-13(22)18-14(23)10-17(26-3)19(27-4)20(18)28-5/h6-10,21,23H,1-5H3/b12-9-. The highest BCUT2D eigenvalue weighted by atomic mass is 16.5. The Bertz CT molecular complexity index is 902. The van der Waals surface area contributed by atoms with Crippen molar-refractivity contribution in [3.05, 3.63) is 41.5 Å². The van der Waals surface area contributed by atoms with Gasteiger partial charge in [0.25, 0.3) is 0 Å². The van der Waals surface area contributed by atoms with Crippen molar-refractivity contribution in [2.75, 3.05) is 35.5 Å². The molecule has 28 heavy (non-hydrogen) atoms. The fraction of sp³-hybridized carbons (Fsp3) is 0.250. The summed E-state index contributed by atoms with van der Waals surface area (Å²) in [5.41, 5.74) is 0.150. The number of carbonyl (C=O) groups excluding carboxylic acids is 1. The molecule has 2 aromatic rings. The molecule has 2 N–H and O–H groups in total. The van der Waals surface area contributed by atoms with E-state index in [1.54, 1.807) is 12.1 Å². The molecule has 0 saturated carbocycles. The van der Waals surface area contributed by atoms with Crippen molar-refractivity contribution in [2.45, 2.75) is 0 Å². The average Bonchev–Trinajstić information content (AvgIpc) is 2.71. The first-order valence-electron chi connectivity index (χ1n) is 8.11. The van der Waals surface area contributed by atoms with Crippen LogP contribution in [-0.2, 0) is 0 Å². The third-order valence-electron chi connectivity index (χ3n) is 4.00. The number of phenols is 1. The number of ether oxygens (including phenoxy) is 5. The quantitative estimate of drug-likeness (QED) is 0.402. The Balaban J connectivity index is 2.52. The number of rotatable bonds is 8. The number of aliphatic hydroxyl groups excluding tert-OH is 1. The molecule has 2 rings (SSSR count). The van der Waals surface area contributed by atoms with Gasteiger partial charge in [0.2, 0.25) is 5.75 Å². The molecule has 0 radical (unpaired) electrons. The van der Waals surface area contributed by atoms with Crippen LogP contribution < -0.4 is 23.7 Å². The molecule has 0 aliphatic carbocycles. The monoisotopic (exact) mass is 390 g/mol. The Labute approximate surface area is 162 Å². The zero-order valence-corrected chi connectivity index (χ0v) is 16.2. The Morgan fingerprint density at radius 3 is 1.96 bits per heavy atom. The minimum atomic E-state index is -0.692. The van der Waals surface area contributed by atoms with Crippen LogP contribution in [0, 0.1) is 0 Å². The molecule has 0 heterocycles. The van der Waals surface area contributed by atoms with E-state index in [-0.39, 0.29) is 34.3 Å². The van der Waals surface area contributed by atoms with Crippen LogP contribution in [-0.4, -0.2) is 51.5 Å². The summed E-state index contributed by atoms with van der Waals surface area (Å²) in [6.07, 6.45) is 0.963. The van der Waals surface area contributed by atoms with Crippen molar-refractivity contribution in [1.29, 1.82) is 0 Å². The van der Waals surface area contributed by atoms with Crippen molar-refractivity contribution in [2.24, 2.45) is 0 Å². The highest BCUT2D eigenvalue weighted by molar-refractivity contribution is 6.12. The molecule has 0 bridgehead atoms.